The Morgan fingerprint density at radius 1 is 1.42 bits per heavy atom. The SMILES string of the molecule is Cc1nn[nH][n+]1-c1ccc(C2CCCCC2/C=C/C(=O)[O-])cc1Cl. The molecule has 1 aromatic heterocycles. The molecule has 0 bridgehead atoms. The standard InChI is InChI=1S/C17H19ClN4O2/c1-11-19-20-21-22(11)16-8-6-13(10-15(16)18)14-5-3-2-4-12(14)7-9-17(23)24/h6-10,12,14H,2-5H2,1H3,(H,23,24)/b9-7+. The lowest BCUT2D eigenvalue weighted by Crippen LogP contribution is -2.36. The molecule has 6 nitrogen and oxygen atoms in total. The summed E-state index contributed by atoms with van der Waals surface area (Å²) in [5, 5.41) is 21.8. The van der Waals surface area contributed by atoms with Gasteiger partial charge in [-0.15, -0.1) is 4.68 Å². The molecule has 0 spiro atoms. The number of benzene rings is 1. The predicted molar refractivity (Wildman–Crippen MR) is 86.5 cm³/mol. The first-order valence-electron chi connectivity index (χ1n) is 8.05. The number of H-pyrrole nitrogens is 1. The number of nitrogens with zero attached hydrogens (tertiary/aromatic N) is 3. The van der Waals surface area contributed by atoms with Crippen LogP contribution in [-0.4, -0.2) is 21.5 Å². The highest BCUT2D eigenvalue weighted by Gasteiger charge is 2.26. The normalized spacial score (nSPS) is 21.2. The Labute approximate surface area is 145 Å². The summed E-state index contributed by atoms with van der Waals surface area (Å²) in [6, 6.07) is 5.95. The van der Waals surface area contributed by atoms with Gasteiger partial charge in [0.05, 0.1) is 11.0 Å². The van der Waals surface area contributed by atoms with E-state index in [9.17, 15) is 9.90 Å². The Morgan fingerprint density at radius 3 is 2.88 bits per heavy atom. The van der Waals surface area contributed by atoms with Crippen LogP contribution in [0.15, 0.2) is 30.4 Å². The lowest BCUT2D eigenvalue weighted by Gasteiger charge is -2.30. The molecule has 2 unspecified atom stereocenters. The van der Waals surface area contributed by atoms with Crippen LogP contribution in [0, 0.1) is 12.8 Å². The zero-order chi connectivity index (χ0) is 17.1. The van der Waals surface area contributed by atoms with Crippen LogP contribution in [0.3, 0.4) is 0 Å². The van der Waals surface area contributed by atoms with Crippen molar-refractivity contribution in [2.45, 2.75) is 38.5 Å². The van der Waals surface area contributed by atoms with Gasteiger partial charge in [0.15, 0.2) is 5.21 Å². The Hall–Kier alpha value is -2.21. The van der Waals surface area contributed by atoms with Crippen molar-refractivity contribution in [2.75, 3.05) is 0 Å². The van der Waals surface area contributed by atoms with Gasteiger partial charge in [0.25, 0.3) is 0 Å². The summed E-state index contributed by atoms with van der Waals surface area (Å²) in [6.07, 6.45) is 7.16. The largest absolute Gasteiger partial charge is 0.545 e. The minimum atomic E-state index is -1.15. The highest BCUT2D eigenvalue weighted by Crippen LogP contribution is 2.39. The molecule has 1 aliphatic rings. The van der Waals surface area contributed by atoms with E-state index < -0.39 is 5.97 Å². The van der Waals surface area contributed by atoms with Crippen molar-refractivity contribution in [2.24, 2.45) is 5.92 Å². The maximum atomic E-state index is 10.7. The number of carbonyl (C=O) groups excluding carboxylic acids is 1. The van der Waals surface area contributed by atoms with Crippen LogP contribution >= 0.6 is 11.6 Å². The highest BCUT2D eigenvalue weighted by atomic mass is 35.5. The van der Waals surface area contributed by atoms with Gasteiger partial charge >= 0.3 is 5.82 Å². The molecule has 7 heteroatoms. The van der Waals surface area contributed by atoms with Crippen LogP contribution in [0.5, 0.6) is 0 Å². The summed E-state index contributed by atoms with van der Waals surface area (Å²) in [6.45, 7) is 1.84. The first-order valence-corrected chi connectivity index (χ1v) is 8.43. The second-order valence-corrected chi connectivity index (χ2v) is 6.53. The van der Waals surface area contributed by atoms with Crippen molar-refractivity contribution in [1.29, 1.82) is 0 Å². The van der Waals surface area contributed by atoms with Crippen LogP contribution in [0.4, 0.5) is 0 Å². The topological polar surface area (TPSA) is 85.6 Å². The number of carbonyl (C=O) groups is 1. The summed E-state index contributed by atoms with van der Waals surface area (Å²) < 4.78 is 1.72. The fraction of sp³-hybridized carbons (Fsp3) is 0.412. The van der Waals surface area contributed by atoms with Gasteiger partial charge in [-0.25, -0.2) is 0 Å². The van der Waals surface area contributed by atoms with Crippen molar-refractivity contribution in [3.05, 3.63) is 46.8 Å². The fourth-order valence-corrected chi connectivity index (χ4v) is 3.70. The Balaban J connectivity index is 1.89. The molecule has 126 valence electrons. The molecular formula is C17H19ClN4O2. The van der Waals surface area contributed by atoms with Gasteiger partial charge in [-0.1, -0.05) is 41.8 Å². The molecule has 1 aromatic carbocycles. The van der Waals surface area contributed by atoms with Gasteiger partial charge in [-0.2, -0.15) is 0 Å². The van der Waals surface area contributed by atoms with Gasteiger partial charge in [0.1, 0.15) is 10.8 Å². The van der Waals surface area contributed by atoms with Crippen LogP contribution in [-0.2, 0) is 4.79 Å². The van der Waals surface area contributed by atoms with E-state index in [0.29, 0.717) is 5.02 Å². The third-order valence-corrected chi connectivity index (χ3v) is 4.91. The first-order chi connectivity index (χ1) is 11.6. The van der Waals surface area contributed by atoms with Crippen molar-refractivity contribution in [3.8, 4) is 5.69 Å². The van der Waals surface area contributed by atoms with Crippen molar-refractivity contribution in [3.63, 3.8) is 0 Å². The number of aromatic nitrogens is 4. The smallest absolute Gasteiger partial charge is 0.302 e. The minimum Gasteiger partial charge on any atom is -0.545 e. The van der Waals surface area contributed by atoms with E-state index in [4.69, 9.17) is 11.6 Å². The lowest BCUT2D eigenvalue weighted by molar-refractivity contribution is -0.666. The number of aromatic amines is 1. The van der Waals surface area contributed by atoms with E-state index >= 15 is 0 Å². The number of aliphatic carboxylic acids is 1. The first kappa shape index (κ1) is 16.6. The molecule has 2 atom stereocenters. The quantitative estimate of drug-likeness (QED) is 0.673. The summed E-state index contributed by atoms with van der Waals surface area (Å²) >= 11 is 6.47. The van der Waals surface area contributed by atoms with Gasteiger partial charge in [-0.05, 0) is 48.4 Å². The van der Waals surface area contributed by atoms with Gasteiger partial charge in [0, 0.05) is 6.92 Å². The molecule has 1 fully saturated rings. The number of carboxylic acid groups (broad SMARTS) is 1. The van der Waals surface area contributed by atoms with Crippen LogP contribution < -0.4 is 9.79 Å². The number of hydrogen-bond donors (Lipinski definition) is 1. The molecule has 1 N–H and O–H groups in total. The number of rotatable bonds is 4. The molecule has 2 aromatic rings. The average Bonchev–Trinajstić information content (AvgIpc) is 2.99. The number of allylic oxidation sites excluding steroid dienone is 1. The maximum Gasteiger partial charge on any atom is 0.302 e. The van der Waals surface area contributed by atoms with Gasteiger partial charge < -0.3 is 9.90 Å². The van der Waals surface area contributed by atoms with Gasteiger partial charge in [-0.3, -0.25) is 0 Å². The Bertz CT molecular complexity index is 772. The summed E-state index contributed by atoms with van der Waals surface area (Å²) in [5.74, 6) is 0.0390. The average molecular weight is 347 g/mol. The second kappa shape index (κ2) is 7.13. The van der Waals surface area contributed by atoms with Crippen molar-refractivity contribution >= 4 is 17.6 Å². The molecule has 3 rings (SSSR count). The van der Waals surface area contributed by atoms with Gasteiger partial charge in [0.2, 0.25) is 0 Å². The molecule has 0 amide bonds. The van der Waals surface area contributed by atoms with E-state index in [1.807, 2.05) is 25.1 Å². The minimum absolute atomic E-state index is 0.196. The zero-order valence-electron chi connectivity index (χ0n) is 13.4. The second-order valence-electron chi connectivity index (χ2n) is 6.13. The number of hydrogen-bond acceptors (Lipinski definition) is 4. The Morgan fingerprint density at radius 2 is 2.21 bits per heavy atom. The third kappa shape index (κ3) is 3.48. The van der Waals surface area contributed by atoms with Crippen LogP contribution in [0.1, 0.15) is 43.0 Å². The van der Waals surface area contributed by atoms with E-state index in [0.717, 1.165) is 48.8 Å². The maximum absolute atomic E-state index is 10.7. The summed E-state index contributed by atoms with van der Waals surface area (Å²) in [7, 11) is 0. The predicted octanol–water partition coefficient (Wildman–Crippen LogP) is 1.62. The molecule has 1 aliphatic carbocycles. The van der Waals surface area contributed by atoms with Crippen LogP contribution in [0.25, 0.3) is 5.69 Å². The van der Waals surface area contributed by atoms with Crippen LogP contribution in [0.2, 0.25) is 5.02 Å². The van der Waals surface area contributed by atoms with Crippen molar-refractivity contribution < 1.29 is 14.6 Å². The van der Waals surface area contributed by atoms with E-state index in [1.54, 1.807) is 10.8 Å². The monoisotopic (exact) mass is 346 g/mol. The molecular weight excluding hydrogens is 328 g/mol. The summed E-state index contributed by atoms with van der Waals surface area (Å²) in [4.78, 5) is 10.7. The molecule has 24 heavy (non-hydrogen) atoms. The number of nitrogens with one attached hydrogen (secondary N) is 1. The molecule has 0 saturated heterocycles. The third-order valence-electron chi connectivity index (χ3n) is 4.60. The number of carboxylic acids is 1. The number of aryl methyl sites for hydroxylation is 1. The summed E-state index contributed by atoms with van der Waals surface area (Å²) in [5.41, 5.74) is 1.92. The Kier molecular flexibility index (Phi) is 4.94. The molecule has 0 radical (unpaired) electrons. The molecule has 1 heterocycles. The lowest BCUT2D eigenvalue weighted by atomic mass is 9.75. The number of halogens is 1. The van der Waals surface area contributed by atoms with E-state index in [2.05, 4.69) is 15.5 Å². The fourth-order valence-electron chi connectivity index (χ4n) is 3.43. The van der Waals surface area contributed by atoms with Crippen molar-refractivity contribution in [1.82, 2.24) is 15.5 Å². The number of tetrazole rings is 1. The zero-order valence-corrected chi connectivity index (χ0v) is 14.2. The molecule has 0 aliphatic heterocycles. The van der Waals surface area contributed by atoms with E-state index in [-0.39, 0.29) is 11.8 Å². The highest BCUT2D eigenvalue weighted by molar-refractivity contribution is 6.32. The van der Waals surface area contributed by atoms with E-state index in [1.165, 1.54) is 0 Å². The molecule has 1 saturated carbocycles.